The quantitative estimate of drug-likeness (QED) is 0.338. The van der Waals surface area contributed by atoms with Gasteiger partial charge in [-0.25, -0.2) is 4.39 Å². The smallest absolute Gasteiger partial charge is 0.252 e. The number of hydrogen-bond acceptors (Lipinski definition) is 5. The van der Waals surface area contributed by atoms with E-state index in [4.69, 9.17) is 27.9 Å². The van der Waals surface area contributed by atoms with Crippen LogP contribution in [0.5, 0.6) is 0 Å². The third kappa shape index (κ3) is 9.75. The van der Waals surface area contributed by atoms with Crippen LogP contribution in [0.1, 0.15) is 34.0 Å². The Morgan fingerprint density at radius 1 is 0.889 bits per heavy atom. The molecule has 1 aliphatic heterocycles. The lowest BCUT2D eigenvalue weighted by atomic mass is 10.0. The molecule has 0 unspecified atom stereocenters. The summed E-state index contributed by atoms with van der Waals surface area (Å²) >= 11 is 12.4. The Morgan fingerprint density at radius 2 is 1.62 bits per heavy atom. The fourth-order valence-electron chi connectivity index (χ4n) is 4.93. The first-order valence-corrected chi connectivity index (χ1v) is 15.4. The molecule has 0 aliphatic carbocycles. The van der Waals surface area contributed by atoms with Crippen molar-refractivity contribution in [2.75, 3.05) is 39.4 Å². The Kier molecular flexibility index (Phi) is 12.3. The van der Waals surface area contributed by atoms with Gasteiger partial charge in [0, 0.05) is 38.2 Å². The maximum absolute atomic E-state index is 14.3. The average molecular weight is 658 g/mol. The summed E-state index contributed by atoms with van der Waals surface area (Å²) in [6.07, 6.45) is 0.380. The van der Waals surface area contributed by atoms with Gasteiger partial charge in [0.15, 0.2) is 0 Å². The van der Waals surface area contributed by atoms with Gasteiger partial charge in [0.1, 0.15) is 11.9 Å². The molecule has 0 radical (unpaired) electrons. The van der Waals surface area contributed by atoms with E-state index in [9.17, 15) is 23.6 Å². The molecule has 0 bridgehead atoms. The van der Waals surface area contributed by atoms with Crippen molar-refractivity contribution in [3.05, 3.63) is 105 Å². The molecule has 1 aliphatic rings. The van der Waals surface area contributed by atoms with E-state index >= 15 is 0 Å². The molecule has 12 heteroatoms. The molecule has 0 spiro atoms. The fourth-order valence-corrected chi connectivity index (χ4v) is 5.26. The number of carbonyl (C=O) groups is 4. The average Bonchev–Trinajstić information content (AvgIpc) is 3.03. The summed E-state index contributed by atoms with van der Waals surface area (Å²) in [5.41, 5.74) is 2.24. The molecule has 4 amide bonds. The molecule has 45 heavy (non-hydrogen) atoms. The van der Waals surface area contributed by atoms with Gasteiger partial charge in [-0.1, -0.05) is 59.6 Å². The molecule has 2 N–H and O–H groups in total. The van der Waals surface area contributed by atoms with Gasteiger partial charge < -0.3 is 25.2 Å². The fraction of sp³-hybridized carbons (Fsp3) is 0.333. The van der Waals surface area contributed by atoms with Crippen molar-refractivity contribution in [3.63, 3.8) is 0 Å². The lowest BCUT2D eigenvalue weighted by Crippen LogP contribution is -2.54. The number of amides is 4. The largest absolute Gasteiger partial charge is 0.380 e. The molecule has 0 fully saturated rings. The summed E-state index contributed by atoms with van der Waals surface area (Å²) in [6, 6.07) is 16.5. The molecular formula is C33H35Cl2FN4O5. The third-order valence-corrected chi connectivity index (χ3v) is 8.12. The van der Waals surface area contributed by atoms with E-state index in [0.29, 0.717) is 39.8 Å². The minimum Gasteiger partial charge on any atom is -0.380 e. The van der Waals surface area contributed by atoms with Crippen molar-refractivity contribution in [3.8, 4) is 0 Å². The first-order chi connectivity index (χ1) is 21.6. The van der Waals surface area contributed by atoms with Crippen molar-refractivity contribution in [1.29, 1.82) is 0 Å². The molecule has 3 aromatic rings. The number of nitrogens with zero attached hydrogens (tertiary/aromatic N) is 2. The summed E-state index contributed by atoms with van der Waals surface area (Å²) < 4.78 is 19.0. The zero-order valence-electron chi connectivity index (χ0n) is 24.9. The highest BCUT2D eigenvalue weighted by atomic mass is 35.5. The van der Waals surface area contributed by atoms with Crippen LogP contribution in [0, 0.1) is 5.82 Å². The van der Waals surface area contributed by atoms with Crippen molar-refractivity contribution in [2.24, 2.45) is 0 Å². The van der Waals surface area contributed by atoms with Gasteiger partial charge in [-0.3, -0.25) is 19.2 Å². The Hall–Kier alpha value is -3.99. The van der Waals surface area contributed by atoms with E-state index in [-0.39, 0.29) is 45.8 Å². The minimum atomic E-state index is -1.08. The standard InChI is InChI=1S/C33H35Cl2FN4O5/c1-2-45-16-15-39-20-30(41)37-19-24-5-3-4-6-26(24)32(43)38-29(18-23-9-12-27(34)28(35)17-23)33(44)40(21-31(39)42)14-13-22-7-10-25(36)11-8-22/h3-12,17,29H,2,13-16,18-21H2,1H3,(H,37,41)(H,38,43)/t29-/m0/s1. The zero-order chi connectivity index (χ0) is 32.3. The van der Waals surface area contributed by atoms with Crippen LogP contribution in [0.15, 0.2) is 66.7 Å². The highest BCUT2D eigenvalue weighted by Gasteiger charge is 2.31. The molecular weight excluding hydrogens is 622 g/mol. The number of rotatable bonds is 9. The first kappa shape index (κ1) is 33.9. The Bertz CT molecular complexity index is 1520. The van der Waals surface area contributed by atoms with Crippen LogP contribution in [0.3, 0.4) is 0 Å². The number of halogens is 3. The van der Waals surface area contributed by atoms with Crippen molar-refractivity contribution in [2.45, 2.75) is 32.4 Å². The van der Waals surface area contributed by atoms with Crippen LogP contribution < -0.4 is 10.6 Å². The molecule has 0 aromatic heterocycles. The second-order valence-corrected chi connectivity index (χ2v) is 11.4. The Morgan fingerprint density at radius 3 is 2.36 bits per heavy atom. The second-order valence-electron chi connectivity index (χ2n) is 10.6. The molecule has 3 aromatic carbocycles. The van der Waals surface area contributed by atoms with E-state index in [2.05, 4.69) is 10.6 Å². The molecule has 1 heterocycles. The molecule has 0 saturated carbocycles. The van der Waals surface area contributed by atoms with E-state index < -0.39 is 35.5 Å². The van der Waals surface area contributed by atoms with Crippen LogP contribution in [0.25, 0.3) is 0 Å². The predicted octanol–water partition coefficient (Wildman–Crippen LogP) is 4.04. The summed E-state index contributed by atoms with van der Waals surface area (Å²) in [7, 11) is 0. The first-order valence-electron chi connectivity index (χ1n) is 14.6. The Balaban J connectivity index is 1.73. The van der Waals surface area contributed by atoms with Gasteiger partial charge in [-0.05, 0) is 60.4 Å². The minimum absolute atomic E-state index is 0.0467. The summed E-state index contributed by atoms with van der Waals surface area (Å²) in [5.74, 6) is -2.30. The maximum Gasteiger partial charge on any atom is 0.252 e. The summed E-state index contributed by atoms with van der Waals surface area (Å²) in [6.45, 7) is 2.13. The summed E-state index contributed by atoms with van der Waals surface area (Å²) in [4.78, 5) is 57.3. The van der Waals surface area contributed by atoms with Crippen LogP contribution in [-0.4, -0.2) is 78.9 Å². The second kappa shape index (κ2) is 16.4. The van der Waals surface area contributed by atoms with Gasteiger partial charge in [0.05, 0.1) is 29.7 Å². The van der Waals surface area contributed by atoms with Gasteiger partial charge >= 0.3 is 0 Å². The Labute approximate surface area is 271 Å². The number of hydrogen-bond donors (Lipinski definition) is 2. The molecule has 238 valence electrons. The van der Waals surface area contributed by atoms with Gasteiger partial charge in [0.2, 0.25) is 17.7 Å². The molecule has 0 saturated heterocycles. The predicted molar refractivity (Wildman–Crippen MR) is 169 cm³/mol. The van der Waals surface area contributed by atoms with Crippen molar-refractivity contribution in [1.82, 2.24) is 20.4 Å². The van der Waals surface area contributed by atoms with E-state index in [1.165, 1.54) is 21.9 Å². The number of nitrogens with one attached hydrogen (secondary N) is 2. The number of ether oxygens (including phenoxy) is 1. The van der Waals surface area contributed by atoms with Crippen molar-refractivity contribution < 1.29 is 28.3 Å². The number of carbonyl (C=O) groups excluding carboxylic acids is 4. The van der Waals surface area contributed by atoms with Crippen LogP contribution >= 0.6 is 23.2 Å². The molecule has 1 atom stereocenters. The SMILES string of the molecule is CCOCCN1CC(=O)NCc2ccccc2C(=O)N[C@@H](Cc2ccc(Cl)c(Cl)c2)C(=O)N(CCc2ccc(F)cc2)CC1=O. The highest BCUT2D eigenvalue weighted by Crippen LogP contribution is 2.24. The molecule has 4 rings (SSSR count). The van der Waals surface area contributed by atoms with E-state index in [1.54, 1.807) is 54.6 Å². The van der Waals surface area contributed by atoms with Crippen LogP contribution in [-0.2, 0) is 38.5 Å². The van der Waals surface area contributed by atoms with E-state index in [0.717, 1.165) is 5.56 Å². The topological polar surface area (TPSA) is 108 Å². The van der Waals surface area contributed by atoms with Crippen LogP contribution in [0.4, 0.5) is 4.39 Å². The zero-order valence-corrected chi connectivity index (χ0v) is 26.4. The lowest BCUT2D eigenvalue weighted by molar-refractivity contribution is -0.143. The summed E-state index contributed by atoms with van der Waals surface area (Å²) in [5, 5.41) is 6.30. The van der Waals surface area contributed by atoms with Gasteiger partial charge in [-0.15, -0.1) is 0 Å². The maximum atomic E-state index is 14.3. The molecule has 9 nitrogen and oxygen atoms in total. The lowest BCUT2D eigenvalue weighted by Gasteiger charge is -2.31. The third-order valence-electron chi connectivity index (χ3n) is 7.38. The number of benzene rings is 3. The normalized spacial score (nSPS) is 16.6. The van der Waals surface area contributed by atoms with Gasteiger partial charge in [0.25, 0.3) is 5.91 Å². The van der Waals surface area contributed by atoms with Crippen LogP contribution in [0.2, 0.25) is 10.0 Å². The highest BCUT2D eigenvalue weighted by molar-refractivity contribution is 6.42. The van der Waals surface area contributed by atoms with Gasteiger partial charge in [-0.2, -0.15) is 0 Å². The van der Waals surface area contributed by atoms with Crippen molar-refractivity contribution >= 4 is 46.8 Å². The van der Waals surface area contributed by atoms with E-state index in [1.807, 2.05) is 6.92 Å². The number of fused-ring (bicyclic) bond motifs is 1. The monoisotopic (exact) mass is 656 g/mol.